The molecule has 1 unspecified atom stereocenters. The molecule has 0 bridgehead atoms. The smallest absolute Gasteiger partial charge is 0.421 e. The zero-order valence-electron chi connectivity index (χ0n) is 25.3. The van der Waals surface area contributed by atoms with Crippen molar-refractivity contribution in [2.45, 2.75) is 50.9 Å². The molecule has 16 heteroatoms. The van der Waals surface area contributed by atoms with E-state index in [0.717, 1.165) is 24.0 Å². The van der Waals surface area contributed by atoms with Gasteiger partial charge in [0.2, 0.25) is 11.9 Å². The fourth-order valence-corrected chi connectivity index (χ4v) is 6.29. The second-order valence-electron chi connectivity index (χ2n) is 11.2. The molecule has 0 spiro atoms. The number of fused-ring (bicyclic) bond motifs is 1. The van der Waals surface area contributed by atoms with Crippen molar-refractivity contribution < 1.29 is 41.5 Å². The first-order valence-corrected chi connectivity index (χ1v) is 15.8. The average Bonchev–Trinajstić information content (AvgIpc) is 3.33. The van der Waals surface area contributed by atoms with Crippen LogP contribution >= 0.6 is 8.25 Å². The van der Waals surface area contributed by atoms with E-state index in [0.29, 0.717) is 42.4 Å². The van der Waals surface area contributed by atoms with Crippen LogP contribution < -0.4 is 20.7 Å². The summed E-state index contributed by atoms with van der Waals surface area (Å²) in [5.74, 6) is -0.717. The van der Waals surface area contributed by atoms with E-state index >= 15 is 0 Å². The molecule has 2 heterocycles. The number of ether oxygens (including phenoxy) is 1. The number of methoxy groups -OCH3 is 1. The van der Waals surface area contributed by atoms with Gasteiger partial charge in [-0.25, -0.2) is 4.98 Å². The molecule has 2 aromatic carbocycles. The van der Waals surface area contributed by atoms with E-state index in [1.54, 1.807) is 32.3 Å². The van der Waals surface area contributed by atoms with Crippen LogP contribution in [0, 0.1) is 5.92 Å². The summed E-state index contributed by atoms with van der Waals surface area (Å²) in [7, 11) is 1.50. The predicted octanol–water partition coefficient (Wildman–Crippen LogP) is 5.50. The third kappa shape index (κ3) is 7.11. The number of carbonyl (C=O) groups is 2. The number of alkyl halides is 3. The molecule has 246 valence electrons. The van der Waals surface area contributed by atoms with Crippen LogP contribution in [0.25, 0.3) is 0 Å². The van der Waals surface area contributed by atoms with Gasteiger partial charge >= 0.3 is 14.4 Å². The second kappa shape index (κ2) is 13.7. The summed E-state index contributed by atoms with van der Waals surface area (Å²) in [5, 5.41) is 8.33. The van der Waals surface area contributed by atoms with Gasteiger partial charge in [0.15, 0.2) is 0 Å². The molecule has 1 saturated carbocycles. The minimum absolute atomic E-state index is 0.0138. The number of halogens is 3. The van der Waals surface area contributed by atoms with Crippen molar-refractivity contribution in [3.8, 4) is 5.75 Å². The van der Waals surface area contributed by atoms with Gasteiger partial charge in [-0.05, 0) is 66.5 Å². The highest BCUT2D eigenvalue weighted by Gasteiger charge is 2.38. The number of nitrogens with zero attached hydrogens (tertiary/aromatic N) is 3. The number of hydrogen-bond donors (Lipinski definition) is 4. The van der Waals surface area contributed by atoms with Gasteiger partial charge in [0.25, 0.3) is 5.91 Å². The third-order valence-electron chi connectivity index (χ3n) is 8.31. The molecular formula is C30H34F3N6O6P. The maximum absolute atomic E-state index is 14.1. The van der Waals surface area contributed by atoms with Crippen molar-refractivity contribution in [2.75, 3.05) is 31.8 Å². The first kappa shape index (κ1) is 33.2. The topological polar surface area (TPSA) is 155 Å². The molecule has 3 aromatic rings. The Labute approximate surface area is 263 Å². The lowest BCUT2D eigenvalue weighted by atomic mass is 9.76. The van der Waals surface area contributed by atoms with Crippen LogP contribution in [0.1, 0.15) is 64.2 Å². The lowest BCUT2D eigenvalue weighted by Crippen LogP contribution is -2.30. The molecule has 12 nitrogen and oxygen atoms in total. The van der Waals surface area contributed by atoms with Crippen LogP contribution in [0.4, 0.5) is 36.3 Å². The Bertz CT molecular complexity index is 1660. The predicted molar refractivity (Wildman–Crippen MR) is 164 cm³/mol. The number of rotatable bonds is 10. The maximum Gasteiger partial charge on any atom is 0.421 e. The summed E-state index contributed by atoms with van der Waals surface area (Å²) in [5.41, 5.74) is 1.91. The van der Waals surface area contributed by atoms with E-state index in [1.807, 2.05) is 6.07 Å². The summed E-state index contributed by atoms with van der Waals surface area (Å²) in [4.78, 5) is 43.9. The lowest BCUT2D eigenvalue weighted by molar-refractivity contribution is -0.137. The molecule has 1 aromatic heterocycles. The molecule has 46 heavy (non-hydrogen) atoms. The van der Waals surface area contributed by atoms with Gasteiger partial charge < -0.3 is 35.0 Å². The molecule has 0 radical (unpaired) electrons. The lowest BCUT2D eigenvalue weighted by Gasteiger charge is -2.29. The van der Waals surface area contributed by atoms with Crippen molar-refractivity contribution >= 4 is 43.2 Å². The molecule has 2 amide bonds. The summed E-state index contributed by atoms with van der Waals surface area (Å²) in [6.45, 7) is 0.164. The highest BCUT2D eigenvalue weighted by Crippen LogP contribution is 2.43. The first-order chi connectivity index (χ1) is 21.9. The monoisotopic (exact) mass is 662 g/mol. The van der Waals surface area contributed by atoms with Gasteiger partial charge in [0, 0.05) is 32.8 Å². The minimum atomic E-state index is -4.80. The van der Waals surface area contributed by atoms with Gasteiger partial charge in [0.05, 0.1) is 30.7 Å². The normalized spacial score (nSPS) is 18.6. The molecule has 2 aliphatic rings. The van der Waals surface area contributed by atoms with Crippen molar-refractivity contribution in [2.24, 2.45) is 5.92 Å². The Morgan fingerprint density at radius 2 is 1.85 bits per heavy atom. The zero-order chi connectivity index (χ0) is 33.2. The number of hydrogen-bond acceptors (Lipinski definition) is 9. The fourth-order valence-electron chi connectivity index (χ4n) is 6.00. The Morgan fingerprint density at radius 3 is 2.50 bits per heavy atom. The minimum Gasteiger partial charge on any atom is -0.495 e. The Morgan fingerprint density at radius 1 is 1.13 bits per heavy atom. The van der Waals surface area contributed by atoms with Gasteiger partial charge in [0.1, 0.15) is 17.1 Å². The van der Waals surface area contributed by atoms with Crippen LogP contribution in [0.3, 0.4) is 0 Å². The summed E-state index contributed by atoms with van der Waals surface area (Å²) in [6.07, 6.45) is -1.22. The Kier molecular flexibility index (Phi) is 9.85. The quantitative estimate of drug-likeness (QED) is 0.205. The molecule has 1 atom stereocenters. The van der Waals surface area contributed by atoms with Crippen molar-refractivity contribution in [1.82, 2.24) is 20.2 Å². The molecule has 0 saturated heterocycles. The number of benzene rings is 2. The summed E-state index contributed by atoms with van der Waals surface area (Å²) < 4.78 is 63.4. The molecular weight excluding hydrogens is 628 g/mol. The molecule has 4 N–H and O–H groups in total. The van der Waals surface area contributed by atoms with E-state index in [4.69, 9.17) is 14.2 Å². The number of amides is 2. The van der Waals surface area contributed by atoms with Crippen LogP contribution in [-0.2, 0) is 33.2 Å². The van der Waals surface area contributed by atoms with E-state index < -0.39 is 25.8 Å². The Hall–Kier alpha value is -4.20. The maximum atomic E-state index is 14.1. The van der Waals surface area contributed by atoms with E-state index in [1.165, 1.54) is 18.1 Å². The van der Waals surface area contributed by atoms with Crippen LogP contribution in [0.5, 0.6) is 5.75 Å². The van der Waals surface area contributed by atoms with Gasteiger partial charge in [-0.2, -0.15) is 18.2 Å². The first-order valence-electron chi connectivity index (χ1n) is 14.5. The highest BCUT2D eigenvalue weighted by molar-refractivity contribution is 7.32. The van der Waals surface area contributed by atoms with Crippen LogP contribution in [0.2, 0.25) is 0 Å². The van der Waals surface area contributed by atoms with Crippen molar-refractivity contribution in [3.63, 3.8) is 0 Å². The number of anilines is 4. The van der Waals surface area contributed by atoms with E-state index in [9.17, 15) is 27.3 Å². The fraction of sp³-hybridized carbons (Fsp3) is 0.400. The zero-order valence-corrected chi connectivity index (χ0v) is 26.3. The van der Waals surface area contributed by atoms with E-state index in [-0.39, 0.29) is 47.6 Å². The van der Waals surface area contributed by atoms with Crippen molar-refractivity contribution in [1.29, 1.82) is 0 Å². The molecule has 1 aliphatic heterocycles. The number of nitrogens with one attached hydrogen (secondary N) is 3. The van der Waals surface area contributed by atoms with Crippen LogP contribution in [-0.4, -0.2) is 52.8 Å². The van der Waals surface area contributed by atoms with Gasteiger partial charge in [-0.3, -0.25) is 14.2 Å². The number of aromatic nitrogens is 2. The molecule has 1 aliphatic carbocycles. The summed E-state index contributed by atoms with van der Waals surface area (Å²) >= 11 is 0. The highest BCUT2D eigenvalue weighted by atomic mass is 31.1. The average molecular weight is 663 g/mol. The largest absolute Gasteiger partial charge is 0.495 e. The third-order valence-corrected chi connectivity index (χ3v) is 8.70. The standard InChI is InChI=1S/C30H34F3N6O6P/c1-34-27(40)18-7-5-17(6-8-18)19-9-11-23(25-20(19)14-39(2)28(25)41)36-26-21(30(31,32)33)13-35-29(38-26)37-22-10-4-16(12-24(22)44-3)15-45-46(42)43/h4,9-13,17-18,46H,5-8,14-15H2,1-3H3,(H,34,40)(H,42,43)(H2,35,36,37,38)/t17-,18+. The molecule has 5 rings (SSSR count). The Balaban J connectivity index is 1.45. The van der Waals surface area contributed by atoms with Gasteiger partial charge in [-0.1, -0.05) is 12.1 Å². The SMILES string of the molecule is CNC(=O)[C@H]1CC[C@@H](c2ccc(Nc3nc(Nc4ccc(CO[PH](=O)O)cc4OC)ncc3C(F)(F)F)c3c2CN(C)C3=O)CC1. The van der Waals surface area contributed by atoms with Crippen LogP contribution in [0.15, 0.2) is 36.5 Å². The number of carbonyl (C=O) groups excluding carboxylic acids is 2. The van der Waals surface area contributed by atoms with Gasteiger partial charge in [-0.15, -0.1) is 0 Å². The van der Waals surface area contributed by atoms with E-state index in [2.05, 4.69) is 25.9 Å². The second-order valence-corrected chi connectivity index (χ2v) is 12.0. The molecule has 1 fully saturated rings. The summed E-state index contributed by atoms with van der Waals surface area (Å²) in [6, 6.07) is 8.11. The van der Waals surface area contributed by atoms with Crippen molar-refractivity contribution in [3.05, 3.63) is 64.3 Å².